The molecule has 144 heavy (non-hydrogen) atoms. The minimum absolute atomic E-state index is 0.362. The molecular weight excluding hydrogens is 1830 g/mol. The van der Waals surface area contributed by atoms with Gasteiger partial charge in [-0.2, -0.15) is 0 Å². The predicted octanol–water partition coefficient (Wildman–Crippen LogP) is 22.3. The van der Waals surface area contributed by atoms with Crippen LogP contribution in [0.4, 0.5) is 0 Å². The molecule has 756 valence electrons. The van der Waals surface area contributed by atoms with Gasteiger partial charge in [-0.15, -0.1) is 0 Å². The Morgan fingerprint density at radius 3 is 0.479 bits per heavy atom. The van der Waals surface area contributed by atoms with Crippen molar-refractivity contribution < 1.29 is 114 Å². The summed E-state index contributed by atoms with van der Waals surface area (Å²) in [5.74, 6) is 4.43. The molecule has 0 atom stereocenters. The molecule has 0 spiro atoms. The van der Waals surface area contributed by atoms with Crippen LogP contribution in [0.3, 0.4) is 0 Å². The van der Waals surface area contributed by atoms with Crippen LogP contribution in [-0.4, -0.2) is 281 Å². The number of benzene rings is 16. The Balaban J connectivity index is 0.898. The molecule has 0 amide bonds. The van der Waals surface area contributed by atoms with Crippen molar-refractivity contribution in [2.45, 2.75) is 0 Å². The molecule has 0 N–H and O–H groups in total. The van der Waals surface area contributed by atoms with E-state index in [4.69, 9.17) is 114 Å². The van der Waals surface area contributed by atoms with E-state index in [0.29, 0.717) is 238 Å². The van der Waals surface area contributed by atoms with Crippen LogP contribution in [-0.2, 0) is 85.3 Å². The highest BCUT2D eigenvalue weighted by Gasteiger charge is 2.31. The largest absolute Gasteiger partial charge is 0.491 e. The number of hydrogen-bond donors (Lipinski definition) is 0. The topological polar surface area (TPSA) is 222 Å². The number of fused-ring (bicyclic) bond motifs is 7. The van der Waals surface area contributed by atoms with E-state index in [0.717, 1.165) is 199 Å². The van der Waals surface area contributed by atoms with Crippen molar-refractivity contribution >= 4 is 75.4 Å². The second-order valence-corrected chi connectivity index (χ2v) is 34.4. The van der Waals surface area contributed by atoms with Gasteiger partial charge < -0.3 is 114 Å². The maximum atomic E-state index is 6.42. The first-order valence-corrected chi connectivity index (χ1v) is 49.7. The lowest BCUT2D eigenvalue weighted by atomic mass is 9.74. The average molecular weight is 1960 g/mol. The Labute approximate surface area is 843 Å². The SMILES string of the molecule is COCCOCCOCCOc1ccc(-c2ccc(-c3c(-c4ccc(-c5ccc(OCCOCCOCCOC)cc5)cc4)c4c5ccc(-c6ccc(OCCOCCOCCOC)cc6)cc5c5cc(-c6ccc(OCCOCCOCCOC)cc6)cc6c7cc(-c8ccc(OCCOCCOCCOC)cc8)cc8c9cc(-c%10ccc(OCCOCCOCCOC)cc%10)ccc9c3c(c87)c4c56)cc2)cc1. The van der Waals surface area contributed by atoms with E-state index >= 15 is 0 Å². The molecular formula is C120H132O24. The Morgan fingerprint density at radius 1 is 0.118 bits per heavy atom. The summed E-state index contributed by atoms with van der Waals surface area (Å²) < 4.78 is 138. The highest BCUT2D eigenvalue weighted by atomic mass is 16.6. The molecule has 16 rings (SSSR count). The van der Waals surface area contributed by atoms with Gasteiger partial charge in [0.25, 0.3) is 0 Å². The summed E-state index contributed by atoms with van der Waals surface area (Å²) in [6.07, 6.45) is 0. The van der Waals surface area contributed by atoms with Crippen LogP contribution in [0.5, 0.6) is 34.5 Å². The highest BCUT2D eigenvalue weighted by Crippen LogP contribution is 2.59. The molecule has 0 aromatic heterocycles. The molecule has 16 aromatic carbocycles. The molecule has 24 nitrogen and oxygen atoms in total. The zero-order valence-corrected chi connectivity index (χ0v) is 83.5. The van der Waals surface area contributed by atoms with Crippen molar-refractivity contribution in [3.05, 3.63) is 255 Å². The van der Waals surface area contributed by atoms with Gasteiger partial charge in [-0.25, -0.2) is 0 Å². The van der Waals surface area contributed by atoms with E-state index in [-0.39, 0.29) is 0 Å². The number of ether oxygens (including phenoxy) is 24. The normalized spacial score (nSPS) is 11.8. The van der Waals surface area contributed by atoms with Gasteiger partial charge in [-0.1, -0.05) is 146 Å². The summed E-state index contributed by atoms with van der Waals surface area (Å²) in [4.78, 5) is 0. The Hall–Kier alpha value is -12.1. The summed E-state index contributed by atoms with van der Waals surface area (Å²) in [7, 11) is 9.98. The van der Waals surface area contributed by atoms with E-state index in [2.05, 4.69) is 206 Å². The third kappa shape index (κ3) is 28.4. The minimum Gasteiger partial charge on any atom is -0.491 e. The van der Waals surface area contributed by atoms with E-state index < -0.39 is 0 Å². The lowest BCUT2D eigenvalue weighted by Gasteiger charge is -2.28. The molecule has 0 bridgehead atoms. The van der Waals surface area contributed by atoms with Crippen LogP contribution >= 0.6 is 0 Å². The molecule has 0 radical (unpaired) electrons. The smallest absolute Gasteiger partial charge is 0.119 e. The zero-order chi connectivity index (χ0) is 98.9. The Kier molecular flexibility index (Phi) is 41.1. The highest BCUT2D eigenvalue weighted by molar-refractivity contribution is 6.51. The summed E-state index contributed by atoms with van der Waals surface area (Å²) in [6, 6.07) is 92.7. The van der Waals surface area contributed by atoms with Crippen molar-refractivity contribution in [1.82, 2.24) is 0 Å². The zero-order valence-electron chi connectivity index (χ0n) is 83.5. The Bertz CT molecular complexity index is 6130. The quantitative estimate of drug-likeness (QED) is 0.0196. The first kappa shape index (κ1) is 105. The molecule has 16 aromatic rings. The van der Waals surface area contributed by atoms with Gasteiger partial charge in [0, 0.05) is 42.7 Å². The summed E-state index contributed by atoms with van der Waals surface area (Å²) >= 11 is 0. The monoisotopic (exact) mass is 1960 g/mol. The van der Waals surface area contributed by atoms with Crippen molar-refractivity contribution in [2.75, 3.05) is 281 Å². The van der Waals surface area contributed by atoms with E-state index in [9.17, 15) is 0 Å². The van der Waals surface area contributed by atoms with Crippen molar-refractivity contribution in [3.63, 3.8) is 0 Å². The number of hydrogen-bond acceptors (Lipinski definition) is 24. The van der Waals surface area contributed by atoms with Crippen molar-refractivity contribution in [1.29, 1.82) is 0 Å². The van der Waals surface area contributed by atoms with Gasteiger partial charge in [0.1, 0.15) is 74.1 Å². The Morgan fingerprint density at radius 2 is 0.271 bits per heavy atom. The van der Waals surface area contributed by atoms with Crippen LogP contribution in [0, 0.1) is 0 Å². The van der Waals surface area contributed by atoms with E-state index in [1.165, 1.54) is 0 Å². The lowest BCUT2D eigenvalue weighted by molar-refractivity contribution is 0.0180. The van der Waals surface area contributed by atoms with Crippen LogP contribution < -0.4 is 28.4 Å². The minimum atomic E-state index is 0.362. The molecule has 0 aliphatic carbocycles. The van der Waals surface area contributed by atoms with Crippen LogP contribution in [0.2, 0.25) is 0 Å². The molecule has 0 saturated carbocycles. The average Bonchev–Trinajstić information content (AvgIpc) is 0.662. The van der Waals surface area contributed by atoms with Gasteiger partial charge in [0.2, 0.25) is 0 Å². The first-order chi connectivity index (χ1) is 71.3. The molecule has 0 saturated heterocycles. The lowest BCUT2D eigenvalue weighted by Crippen LogP contribution is -2.12. The molecule has 0 fully saturated rings. The van der Waals surface area contributed by atoms with E-state index in [1.807, 2.05) is 48.5 Å². The van der Waals surface area contributed by atoms with Gasteiger partial charge in [-0.05, 0) is 274 Å². The van der Waals surface area contributed by atoms with Crippen LogP contribution in [0.1, 0.15) is 0 Å². The fraction of sp³-hybridized carbons (Fsp3) is 0.350. The first-order valence-electron chi connectivity index (χ1n) is 49.7. The van der Waals surface area contributed by atoms with Gasteiger partial charge in [0.05, 0.1) is 198 Å². The second kappa shape index (κ2) is 56.4. The number of methoxy groups -OCH3 is 6. The molecule has 0 unspecified atom stereocenters. The van der Waals surface area contributed by atoms with E-state index in [1.54, 1.807) is 42.7 Å². The molecule has 0 heterocycles. The molecule has 0 aliphatic heterocycles. The second-order valence-electron chi connectivity index (χ2n) is 34.4. The maximum absolute atomic E-state index is 6.42. The van der Waals surface area contributed by atoms with Crippen LogP contribution in [0.25, 0.3) is 164 Å². The van der Waals surface area contributed by atoms with Gasteiger partial charge in [-0.3, -0.25) is 0 Å². The third-order valence-corrected chi connectivity index (χ3v) is 25.0. The number of rotatable bonds is 68. The fourth-order valence-corrected chi connectivity index (χ4v) is 17.9. The van der Waals surface area contributed by atoms with Crippen molar-refractivity contribution in [3.8, 4) is 124 Å². The van der Waals surface area contributed by atoms with Crippen LogP contribution in [0.15, 0.2) is 255 Å². The van der Waals surface area contributed by atoms with Gasteiger partial charge in [0.15, 0.2) is 0 Å². The van der Waals surface area contributed by atoms with Crippen molar-refractivity contribution in [2.24, 2.45) is 0 Å². The van der Waals surface area contributed by atoms with Gasteiger partial charge >= 0.3 is 0 Å². The third-order valence-electron chi connectivity index (χ3n) is 25.0. The predicted molar refractivity (Wildman–Crippen MR) is 569 cm³/mol. The summed E-state index contributed by atoms with van der Waals surface area (Å²) in [6.45, 7) is 16.5. The molecule has 0 aliphatic rings. The molecule has 24 heteroatoms. The summed E-state index contributed by atoms with van der Waals surface area (Å²) in [5.41, 5.74) is 16.6. The fourth-order valence-electron chi connectivity index (χ4n) is 17.9. The standard InChI is InChI=1S/C120H132O24/c1-121-43-49-127-55-61-133-67-73-139-99-29-15-87(16-30-99)85-7-11-93(12-8-85)113-114(94-13-9-86(10-14-94)88-17-31-100(32-18-88)140-74-68-134-62-56-128-50-44-122-2)118-106-42-28-96(90-21-35-102(36-22-90)142-76-70-136-64-58-130-52-46-124-4)80-108(106)110-82-98(92-25-39-104(40-26-92)144-78-72-138-66-60-132-54-48-126-6)84-112-111-83-97(91-23-37-103(38-24-91)143-77-71-137-65-59-131-53-47-125-5)81-109-107-79-95(27-41-105(107)117(113)119(115(109)111)120(118)116(110)112)89-19-33-101(34-20-89)141-75-69-135-63-57-129-51-45-123-3/h7-42,79-84H,43-78H2,1-6H3. The summed E-state index contributed by atoms with van der Waals surface area (Å²) in [5, 5.41) is 15.6. The maximum Gasteiger partial charge on any atom is 0.119 e.